The molecule has 1 heterocycles. The van der Waals surface area contributed by atoms with E-state index in [9.17, 15) is 4.79 Å². The van der Waals surface area contributed by atoms with E-state index in [1.54, 1.807) is 0 Å². The van der Waals surface area contributed by atoms with E-state index < -0.39 is 0 Å². The van der Waals surface area contributed by atoms with Crippen LogP contribution in [0.25, 0.3) is 0 Å². The van der Waals surface area contributed by atoms with Crippen LogP contribution in [-0.2, 0) is 6.42 Å². The Morgan fingerprint density at radius 1 is 1.30 bits per heavy atom. The van der Waals surface area contributed by atoms with Crippen molar-refractivity contribution in [1.29, 1.82) is 0 Å². The van der Waals surface area contributed by atoms with Gasteiger partial charge in [-0.15, -0.1) is 6.58 Å². The Balaban J connectivity index is 2.04. The van der Waals surface area contributed by atoms with Crippen LogP contribution in [-0.4, -0.2) is 30.3 Å². The number of carbonyl (C=O) groups excluding carboxylic acids is 1. The van der Waals surface area contributed by atoms with Crippen LogP contribution in [0, 0.1) is 5.92 Å². The molecular weight excluding hydrogens is 246 g/mol. The number of carbonyl (C=O) groups is 1. The summed E-state index contributed by atoms with van der Waals surface area (Å²) in [5.41, 5.74) is 1.97. The molecule has 20 heavy (non-hydrogen) atoms. The number of Topliss-reactive ketones (excluding diaryl/α,β-unsaturated/α-hetero) is 1. The number of nitrogens with zero attached hydrogens (tertiary/aromatic N) is 1. The lowest BCUT2D eigenvalue weighted by molar-refractivity contribution is 0.0883. The van der Waals surface area contributed by atoms with Crippen molar-refractivity contribution < 1.29 is 4.79 Å². The van der Waals surface area contributed by atoms with Gasteiger partial charge in [-0.1, -0.05) is 43.7 Å². The van der Waals surface area contributed by atoms with E-state index in [-0.39, 0.29) is 11.7 Å². The van der Waals surface area contributed by atoms with Crippen molar-refractivity contribution in [2.45, 2.75) is 32.6 Å². The van der Waals surface area contributed by atoms with Gasteiger partial charge in [-0.25, -0.2) is 0 Å². The zero-order chi connectivity index (χ0) is 14.4. The second-order valence-corrected chi connectivity index (χ2v) is 5.78. The maximum atomic E-state index is 12.7. The van der Waals surface area contributed by atoms with Crippen LogP contribution < -0.4 is 0 Å². The Labute approximate surface area is 122 Å². The van der Waals surface area contributed by atoms with Crippen molar-refractivity contribution in [3.63, 3.8) is 0 Å². The van der Waals surface area contributed by atoms with Gasteiger partial charge in [0, 0.05) is 18.0 Å². The smallest absolute Gasteiger partial charge is 0.167 e. The van der Waals surface area contributed by atoms with Gasteiger partial charge in [0.2, 0.25) is 0 Å². The highest BCUT2D eigenvalue weighted by atomic mass is 16.1. The van der Waals surface area contributed by atoms with Crippen molar-refractivity contribution in [2.75, 3.05) is 19.6 Å². The molecule has 1 aromatic rings. The standard InChI is InChI=1S/C18H25NO/c1-3-9-16-10-5-6-11-17(16)18(20)15(2)14-19-12-7-4-8-13-19/h3,5-6,10-11,15H,1,4,7-9,12-14H2,2H3. The molecule has 1 atom stereocenters. The van der Waals surface area contributed by atoms with E-state index in [0.29, 0.717) is 0 Å². The normalized spacial score (nSPS) is 17.6. The molecule has 1 aliphatic heterocycles. The predicted molar refractivity (Wildman–Crippen MR) is 84.1 cm³/mol. The first-order valence-electron chi connectivity index (χ1n) is 7.67. The van der Waals surface area contributed by atoms with E-state index in [1.165, 1.54) is 19.3 Å². The number of benzene rings is 1. The van der Waals surface area contributed by atoms with Crippen LogP contribution in [0.2, 0.25) is 0 Å². The number of piperidine rings is 1. The molecular formula is C18H25NO. The van der Waals surface area contributed by atoms with Gasteiger partial charge in [0.1, 0.15) is 0 Å². The van der Waals surface area contributed by atoms with Crippen LogP contribution in [0.1, 0.15) is 42.1 Å². The van der Waals surface area contributed by atoms with E-state index >= 15 is 0 Å². The minimum atomic E-state index is 0.0686. The van der Waals surface area contributed by atoms with Crippen LogP contribution in [0.5, 0.6) is 0 Å². The first-order chi connectivity index (χ1) is 9.72. The Morgan fingerprint density at radius 2 is 2.00 bits per heavy atom. The third kappa shape index (κ3) is 3.80. The fourth-order valence-corrected chi connectivity index (χ4v) is 2.97. The predicted octanol–water partition coefficient (Wildman–Crippen LogP) is 3.72. The fourth-order valence-electron chi connectivity index (χ4n) is 2.97. The van der Waals surface area contributed by atoms with E-state index in [2.05, 4.69) is 18.4 Å². The third-order valence-corrected chi connectivity index (χ3v) is 4.08. The molecule has 1 aliphatic rings. The summed E-state index contributed by atoms with van der Waals surface area (Å²) in [4.78, 5) is 15.1. The molecule has 1 fully saturated rings. The molecule has 0 N–H and O–H groups in total. The Hall–Kier alpha value is -1.41. The monoisotopic (exact) mass is 271 g/mol. The van der Waals surface area contributed by atoms with Gasteiger partial charge in [0.15, 0.2) is 5.78 Å². The van der Waals surface area contributed by atoms with Gasteiger partial charge < -0.3 is 4.90 Å². The first-order valence-corrected chi connectivity index (χ1v) is 7.67. The summed E-state index contributed by atoms with van der Waals surface area (Å²) in [6.07, 6.45) is 6.50. The minimum Gasteiger partial charge on any atom is -0.303 e. The number of allylic oxidation sites excluding steroid dienone is 1. The van der Waals surface area contributed by atoms with Gasteiger partial charge in [0.05, 0.1) is 0 Å². The molecule has 1 aromatic carbocycles. The Morgan fingerprint density at radius 3 is 2.70 bits per heavy atom. The number of ketones is 1. The van der Waals surface area contributed by atoms with Crippen molar-refractivity contribution in [3.8, 4) is 0 Å². The van der Waals surface area contributed by atoms with Crippen LogP contribution in [0.15, 0.2) is 36.9 Å². The molecule has 0 amide bonds. The molecule has 0 spiro atoms. The third-order valence-electron chi connectivity index (χ3n) is 4.08. The Kier molecular flexibility index (Phi) is 5.54. The summed E-state index contributed by atoms with van der Waals surface area (Å²) in [6.45, 7) is 9.01. The van der Waals surface area contributed by atoms with Crippen LogP contribution >= 0.6 is 0 Å². The molecule has 1 saturated heterocycles. The lowest BCUT2D eigenvalue weighted by Crippen LogP contribution is -2.36. The lowest BCUT2D eigenvalue weighted by atomic mass is 9.93. The van der Waals surface area contributed by atoms with Crippen molar-refractivity contribution in [3.05, 3.63) is 48.0 Å². The van der Waals surface area contributed by atoms with Crippen LogP contribution in [0.4, 0.5) is 0 Å². The zero-order valence-electron chi connectivity index (χ0n) is 12.5. The number of rotatable bonds is 6. The zero-order valence-corrected chi connectivity index (χ0v) is 12.5. The molecule has 0 aliphatic carbocycles. The molecule has 2 heteroatoms. The molecule has 1 unspecified atom stereocenters. The molecule has 0 radical (unpaired) electrons. The minimum absolute atomic E-state index is 0.0686. The number of hydrogen-bond acceptors (Lipinski definition) is 2. The summed E-state index contributed by atoms with van der Waals surface area (Å²) < 4.78 is 0. The number of hydrogen-bond donors (Lipinski definition) is 0. The van der Waals surface area contributed by atoms with Crippen molar-refractivity contribution in [1.82, 2.24) is 4.90 Å². The average Bonchev–Trinajstić information content (AvgIpc) is 2.48. The average molecular weight is 271 g/mol. The maximum Gasteiger partial charge on any atom is 0.167 e. The molecule has 0 aromatic heterocycles. The Bertz CT molecular complexity index is 460. The van der Waals surface area contributed by atoms with Gasteiger partial charge in [-0.2, -0.15) is 0 Å². The highest BCUT2D eigenvalue weighted by Gasteiger charge is 2.21. The van der Waals surface area contributed by atoms with E-state index in [0.717, 1.165) is 37.2 Å². The first kappa shape index (κ1) is 15.0. The summed E-state index contributed by atoms with van der Waals surface area (Å²) >= 11 is 0. The summed E-state index contributed by atoms with van der Waals surface area (Å²) in [5, 5.41) is 0. The molecule has 0 bridgehead atoms. The summed E-state index contributed by atoms with van der Waals surface area (Å²) in [5.74, 6) is 0.340. The van der Waals surface area contributed by atoms with Gasteiger partial charge >= 0.3 is 0 Å². The van der Waals surface area contributed by atoms with Crippen LogP contribution in [0.3, 0.4) is 0 Å². The largest absolute Gasteiger partial charge is 0.303 e. The SMILES string of the molecule is C=CCc1ccccc1C(=O)C(C)CN1CCCCC1. The highest BCUT2D eigenvalue weighted by Crippen LogP contribution is 2.18. The van der Waals surface area contributed by atoms with E-state index in [4.69, 9.17) is 0 Å². The second kappa shape index (κ2) is 7.39. The lowest BCUT2D eigenvalue weighted by Gasteiger charge is -2.28. The quantitative estimate of drug-likeness (QED) is 0.580. The second-order valence-electron chi connectivity index (χ2n) is 5.78. The highest BCUT2D eigenvalue weighted by molar-refractivity contribution is 5.99. The number of likely N-dealkylation sites (tertiary alicyclic amines) is 1. The topological polar surface area (TPSA) is 20.3 Å². The molecule has 108 valence electrons. The van der Waals surface area contributed by atoms with Gasteiger partial charge in [-0.05, 0) is 37.9 Å². The molecule has 0 saturated carbocycles. The molecule has 2 nitrogen and oxygen atoms in total. The summed E-state index contributed by atoms with van der Waals surface area (Å²) in [6, 6.07) is 7.93. The maximum absolute atomic E-state index is 12.7. The van der Waals surface area contributed by atoms with E-state index in [1.807, 2.05) is 30.3 Å². The fraction of sp³-hybridized carbons (Fsp3) is 0.500. The molecule has 2 rings (SSSR count). The van der Waals surface area contributed by atoms with Crippen molar-refractivity contribution in [2.24, 2.45) is 5.92 Å². The van der Waals surface area contributed by atoms with Crippen molar-refractivity contribution >= 4 is 5.78 Å². The van der Waals surface area contributed by atoms with Gasteiger partial charge in [-0.3, -0.25) is 4.79 Å². The summed E-state index contributed by atoms with van der Waals surface area (Å²) in [7, 11) is 0. The van der Waals surface area contributed by atoms with Gasteiger partial charge in [0.25, 0.3) is 0 Å².